The number of nitrogens with one attached hydrogen (secondary N) is 1. The van der Waals surface area contributed by atoms with Gasteiger partial charge in [0.05, 0.1) is 5.75 Å². The van der Waals surface area contributed by atoms with Crippen molar-refractivity contribution >= 4 is 23.4 Å². The summed E-state index contributed by atoms with van der Waals surface area (Å²) in [5.41, 5.74) is 3.17. The molecule has 25 heavy (non-hydrogen) atoms. The number of benzene rings is 1. The Bertz CT molecular complexity index is 895. The topological polar surface area (TPSA) is 74.8 Å². The van der Waals surface area contributed by atoms with Crippen molar-refractivity contribution in [3.63, 3.8) is 0 Å². The minimum absolute atomic E-state index is 0.0812. The molecule has 0 saturated heterocycles. The van der Waals surface area contributed by atoms with Crippen LogP contribution in [0.3, 0.4) is 0 Å². The number of anilines is 1. The maximum atomic E-state index is 12.7. The maximum absolute atomic E-state index is 12.7. The number of hydrogen-bond acceptors (Lipinski definition) is 5. The molecule has 0 radical (unpaired) electrons. The molecule has 1 atom stereocenters. The number of aromatic nitrogens is 4. The van der Waals surface area contributed by atoms with Crippen LogP contribution in [0, 0.1) is 0 Å². The molecule has 126 valence electrons. The minimum Gasteiger partial charge on any atom is -0.308 e. The summed E-state index contributed by atoms with van der Waals surface area (Å²) in [6.45, 7) is 2.08. The molecular formula is C18H17N5OS. The Morgan fingerprint density at radius 2 is 2.08 bits per heavy atom. The zero-order valence-corrected chi connectivity index (χ0v) is 14.5. The van der Waals surface area contributed by atoms with Crippen LogP contribution in [-0.4, -0.2) is 37.9 Å². The molecule has 0 bridgehead atoms. The predicted octanol–water partition coefficient (Wildman–Crippen LogP) is 2.94. The Hall–Kier alpha value is -2.67. The van der Waals surface area contributed by atoms with E-state index >= 15 is 0 Å². The van der Waals surface area contributed by atoms with Gasteiger partial charge < -0.3 is 4.90 Å². The van der Waals surface area contributed by atoms with Crippen LogP contribution < -0.4 is 4.90 Å². The van der Waals surface area contributed by atoms with Gasteiger partial charge in [0.1, 0.15) is 0 Å². The van der Waals surface area contributed by atoms with Crippen LogP contribution >= 0.6 is 11.8 Å². The third-order valence-electron chi connectivity index (χ3n) is 4.22. The monoisotopic (exact) mass is 351 g/mol. The molecule has 4 rings (SSSR count). The molecule has 1 aliphatic rings. The SMILES string of the molecule is C[C@@H]1Cc2ccccc2N1C(=O)CSc1n[nH]c(-c2ccncc2)n1. The summed E-state index contributed by atoms with van der Waals surface area (Å²) >= 11 is 1.35. The maximum Gasteiger partial charge on any atom is 0.237 e. The van der Waals surface area contributed by atoms with Crippen molar-refractivity contribution in [2.75, 3.05) is 10.7 Å². The van der Waals surface area contributed by atoms with Crippen molar-refractivity contribution < 1.29 is 4.79 Å². The first-order valence-corrected chi connectivity index (χ1v) is 9.06. The normalized spacial score (nSPS) is 16.0. The van der Waals surface area contributed by atoms with Crippen molar-refractivity contribution in [1.82, 2.24) is 20.2 Å². The average Bonchev–Trinajstić information content (AvgIpc) is 3.24. The lowest BCUT2D eigenvalue weighted by Crippen LogP contribution is -2.36. The third-order valence-corrected chi connectivity index (χ3v) is 5.05. The van der Waals surface area contributed by atoms with Crippen molar-refractivity contribution in [2.24, 2.45) is 0 Å². The number of carbonyl (C=O) groups is 1. The smallest absolute Gasteiger partial charge is 0.237 e. The summed E-state index contributed by atoms with van der Waals surface area (Å²) in [5, 5.41) is 7.67. The molecule has 1 aromatic carbocycles. The number of amides is 1. The number of aromatic amines is 1. The van der Waals surface area contributed by atoms with Crippen LogP contribution in [0.2, 0.25) is 0 Å². The highest BCUT2D eigenvalue weighted by Gasteiger charge is 2.30. The molecule has 3 heterocycles. The fourth-order valence-corrected chi connectivity index (χ4v) is 3.75. The second-order valence-corrected chi connectivity index (χ2v) is 6.88. The van der Waals surface area contributed by atoms with Gasteiger partial charge in [0.15, 0.2) is 5.82 Å². The van der Waals surface area contributed by atoms with Gasteiger partial charge >= 0.3 is 0 Å². The predicted molar refractivity (Wildman–Crippen MR) is 97.4 cm³/mol. The molecule has 7 heteroatoms. The van der Waals surface area contributed by atoms with Crippen LogP contribution in [0.5, 0.6) is 0 Å². The third kappa shape index (κ3) is 3.15. The zero-order valence-electron chi connectivity index (χ0n) is 13.7. The van der Waals surface area contributed by atoms with Crippen LogP contribution in [0.15, 0.2) is 53.9 Å². The van der Waals surface area contributed by atoms with Crippen LogP contribution in [0.4, 0.5) is 5.69 Å². The minimum atomic E-state index is 0.0812. The number of para-hydroxylation sites is 1. The van der Waals surface area contributed by atoms with Gasteiger partial charge in [-0.15, -0.1) is 5.10 Å². The average molecular weight is 351 g/mol. The van der Waals surface area contributed by atoms with E-state index in [-0.39, 0.29) is 11.9 Å². The largest absolute Gasteiger partial charge is 0.308 e. The Morgan fingerprint density at radius 1 is 1.28 bits per heavy atom. The van der Waals surface area contributed by atoms with Crippen molar-refractivity contribution in [3.8, 4) is 11.4 Å². The van der Waals surface area contributed by atoms with E-state index in [0.717, 1.165) is 17.7 Å². The second kappa shape index (κ2) is 6.68. The van der Waals surface area contributed by atoms with Crippen LogP contribution in [-0.2, 0) is 11.2 Å². The van der Waals surface area contributed by atoms with Gasteiger partial charge in [-0.25, -0.2) is 4.98 Å². The van der Waals surface area contributed by atoms with Crippen molar-refractivity contribution in [1.29, 1.82) is 0 Å². The van der Waals surface area contributed by atoms with Gasteiger partial charge in [0.2, 0.25) is 11.1 Å². The lowest BCUT2D eigenvalue weighted by atomic mass is 10.1. The molecule has 0 saturated carbocycles. The molecule has 0 spiro atoms. The van der Waals surface area contributed by atoms with Gasteiger partial charge in [-0.1, -0.05) is 30.0 Å². The van der Waals surface area contributed by atoms with Gasteiger partial charge in [0.25, 0.3) is 0 Å². The van der Waals surface area contributed by atoms with E-state index in [4.69, 9.17) is 0 Å². The Kier molecular flexibility index (Phi) is 4.23. The number of hydrogen-bond donors (Lipinski definition) is 1. The van der Waals surface area contributed by atoms with E-state index in [0.29, 0.717) is 16.7 Å². The van der Waals surface area contributed by atoms with E-state index < -0.39 is 0 Å². The van der Waals surface area contributed by atoms with Crippen molar-refractivity contribution in [2.45, 2.75) is 24.5 Å². The molecule has 6 nitrogen and oxygen atoms in total. The second-order valence-electron chi connectivity index (χ2n) is 5.94. The lowest BCUT2D eigenvalue weighted by molar-refractivity contribution is -0.116. The lowest BCUT2D eigenvalue weighted by Gasteiger charge is -2.22. The molecule has 0 unspecified atom stereocenters. The van der Waals surface area contributed by atoms with E-state index in [1.807, 2.05) is 35.2 Å². The molecule has 1 amide bonds. The van der Waals surface area contributed by atoms with Crippen molar-refractivity contribution in [3.05, 3.63) is 54.4 Å². The number of nitrogens with zero attached hydrogens (tertiary/aromatic N) is 4. The molecule has 2 aromatic heterocycles. The zero-order chi connectivity index (χ0) is 17.2. The summed E-state index contributed by atoms with van der Waals surface area (Å²) < 4.78 is 0. The number of pyridine rings is 1. The van der Waals surface area contributed by atoms with E-state index in [1.165, 1.54) is 17.3 Å². The Balaban J connectivity index is 1.44. The van der Waals surface area contributed by atoms with Crippen LogP contribution in [0.25, 0.3) is 11.4 Å². The molecule has 1 N–H and O–H groups in total. The number of rotatable bonds is 4. The van der Waals surface area contributed by atoms with Gasteiger partial charge in [-0.2, -0.15) is 0 Å². The molecule has 0 aliphatic carbocycles. The van der Waals surface area contributed by atoms with Gasteiger partial charge in [0, 0.05) is 29.7 Å². The summed E-state index contributed by atoms with van der Waals surface area (Å²) in [7, 11) is 0. The van der Waals surface area contributed by atoms with E-state index in [9.17, 15) is 4.79 Å². The first-order valence-electron chi connectivity index (χ1n) is 8.08. The number of fused-ring (bicyclic) bond motifs is 1. The number of thioether (sulfide) groups is 1. The summed E-state index contributed by atoms with van der Waals surface area (Å²) in [4.78, 5) is 23.0. The van der Waals surface area contributed by atoms with E-state index in [2.05, 4.69) is 33.2 Å². The first-order chi connectivity index (χ1) is 12.2. The van der Waals surface area contributed by atoms with Gasteiger partial charge in [-0.3, -0.25) is 14.9 Å². The highest BCUT2D eigenvalue weighted by atomic mass is 32.2. The fraction of sp³-hybridized carbons (Fsp3) is 0.222. The van der Waals surface area contributed by atoms with Crippen LogP contribution in [0.1, 0.15) is 12.5 Å². The molecule has 1 aliphatic heterocycles. The summed E-state index contributed by atoms with van der Waals surface area (Å²) in [5.74, 6) is 1.07. The highest BCUT2D eigenvalue weighted by Crippen LogP contribution is 2.32. The standard InChI is InChI=1S/C18H17N5OS/c1-12-10-14-4-2-3-5-15(14)23(12)16(24)11-25-18-20-17(21-22-18)13-6-8-19-9-7-13/h2-9,12H,10-11H2,1H3,(H,20,21,22)/t12-/m1/s1. The quantitative estimate of drug-likeness (QED) is 0.732. The molecule has 3 aromatic rings. The fourth-order valence-electron chi connectivity index (χ4n) is 3.09. The molecular weight excluding hydrogens is 334 g/mol. The number of H-pyrrole nitrogens is 1. The molecule has 0 fully saturated rings. The van der Waals surface area contributed by atoms with Gasteiger partial charge in [-0.05, 0) is 37.1 Å². The first kappa shape index (κ1) is 15.8. The Morgan fingerprint density at radius 3 is 2.92 bits per heavy atom. The summed E-state index contributed by atoms with van der Waals surface area (Å²) in [6, 6.07) is 12.0. The number of carbonyl (C=O) groups excluding carboxylic acids is 1. The summed E-state index contributed by atoms with van der Waals surface area (Å²) in [6.07, 6.45) is 4.32. The Labute approximate surface area is 149 Å². The highest BCUT2D eigenvalue weighted by molar-refractivity contribution is 7.99. The van der Waals surface area contributed by atoms with E-state index in [1.54, 1.807) is 12.4 Å².